The van der Waals surface area contributed by atoms with Crippen molar-refractivity contribution in [3.8, 4) is 23.0 Å². The number of aromatic nitrogens is 2. The second-order valence-corrected chi connectivity index (χ2v) is 9.09. The van der Waals surface area contributed by atoms with E-state index in [-0.39, 0.29) is 11.7 Å². The zero-order chi connectivity index (χ0) is 22.8. The average Bonchev–Trinajstić information content (AvgIpc) is 2.83. The molecule has 0 saturated carbocycles. The van der Waals surface area contributed by atoms with E-state index in [2.05, 4.69) is 5.32 Å². The minimum atomic E-state index is -0.0944. The number of amides is 1. The van der Waals surface area contributed by atoms with Gasteiger partial charge in [0, 0.05) is 28.3 Å². The molecule has 7 heteroatoms. The van der Waals surface area contributed by atoms with Crippen LogP contribution in [0.25, 0.3) is 11.4 Å². The predicted molar refractivity (Wildman–Crippen MR) is 132 cm³/mol. The first-order valence-electron chi connectivity index (χ1n) is 10.5. The van der Waals surface area contributed by atoms with Crippen LogP contribution in [0.1, 0.15) is 16.7 Å². The number of hydrogen-bond donors (Lipinski definition) is 1. The van der Waals surface area contributed by atoms with Gasteiger partial charge in [-0.1, -0.05) is 71.9 Å². The third-order valence-corrected chi connectivity index (χ3v) is 6.57. The van der Waals surface area contributed by atoms with Crippen LogP contribution in [-0.2, 0) is 11.2 Å². The summed E-state index contributed by atoms with van der Waals surface area (Å²) in [7, 11) is 0. The molecule has 1 aliphatic heterocycles. The van der Waals surface area contributed by atoms with E-state index in [1.54, 1.807) is 6.07 Å². The lowest BCUT2D eigenvalue weighted by Crippen LogP contribution is -2.16. The van der Waals surface area contributed by atoms with Crippen LogP contribution < -0.4 is 10.1 Å². The second-order valence-electron chi connectivity index (χ2n) is 7.68. The van der Waals surface area contributed by atoms with Crippen LogP contribution in [0.2, 0.25) is 5.02 Å². The molecule has 0 aliphatic carbocycles. The largest absolute Gasteiger partial charge is 0.438 e. The van der Waals surface area contributed by atoms with Gasteiger partial charge in [-0.3, -0.25) is 4.79 Å². The highest BCUT2D eigenvalue weighted by molar-refractivity contribution is 8.00. The molecular formula is C26H20ClN3O2S. The van der Waals surface area contributed by atoms with E-state index in [4.69, 9.17) is 26.3 Å². The van der Waals surface area contributed by atoms with Crippen molar-refractivity contribution >= 4 is 35.0 Å². The fraction of sp³-hybridized carbons (Fsp3) is 0.115. The molecule has 4 aromatic rings. The third-order valence-electron chi connectivity index (χ3n) is 5.32. The van der Waals surface area contributed by atoms with Crippen molar-refractivity contribution in [3.05, 3.63) is 94.5 Å². The molecule has 5 nitrogen and oxygen atoms in total. The number of benzene rings is 3. The number of nitrogens with one attached hydrogen (secondary N) is 1. The smallest absolute Gasteiger partial charge is 0.234 e. The molecule has 1 N–H and O–H groups in total. The number of anilines is 1. The van der Waals surface area contributed by atoms with Gasteiger partial charge in [0.1, 0.15) is 10.8 Å². The number of fused-ring (bicyclic) bond motifs is 2. The van der Waals surface area contributed by atoms with Crippen LogP contribution in [0.3, 0.4) is 0 Å². The number of nitrogens with zero attached hydrogens (tertiary/aromatic N) is 2. The zero-order valence-corrected chi connectivity index (χ0v) is 19.4. The highest BCUT2D eigenvalue weighted by Crippen LogP contribution is 2.41. The Kier molecular flexibility index (Phi) is 6.03. The molecule has 164 valence electrons. The predicted octanol–water partition coefficient (Wildman–Crippen LogP) is 6.53. The third kappa shape index (κ3) is 4.72. The van der Waals surface area contributed by atoms with E-state index in [1.807, 2.05) is 73.7 Å². The Labute approximate surface area is 201 Å². The Bertz CT molecular complexity index is 1340. The van der Waals surface area contributed by atoms with Gasteiger partial charge in [0.25, 0.3) is 0 Å². The minimum Gasteiger partial charge on any atom is -0.438 e. The molecule has 1 aromatic heterocycles. The number of rotatable bonds is 5. The molecule has 5 rings (SSSR count). The maximum Gasteiger partial charge on any atom is 0.234 e. The normalized spacial score (nSPS) is 11.8. The lowest BCUT2D eigenvalue weighted by molar-refractivity contribution is -0.113. The maximum atomic E-state index is 12.7. The Morgan fingerprint density at radius 2 is 1.85 bits per heavy atom. The van der Waals surface area contributed by atoms with Crippen LogP contribution >= 0.6 is 23.4 Å². The van der Waals surface area contributed by atoms with Gasteiger partial charge in [-0.25, -0.2) is 4.98 Å². The number of hydrogen-bond acceptors (Lipinski definition) is 5. The molecule has 0 fully saturated rings. The van der Waals surface area contributed by atoms with Crippen molar-refractivity contribution < 1.29 is 9.53 Å². The Hall–Kier alpha value is -3.35. The average molecular weight is 474 g/mol. The maximum absolute atomic E-state index is 12.7. The SMILES string of the molecule is Cc1ccccc1NC(=O)CSc1nc(-c2ccccc2)nc2c1Cc1cc(Cl)ccc1O2. The van der Waals surface area contributed by atoms with Crippen LogP contribution in [0.5, 0.6) is 11.6 Å². The Morgan fingerprint density at radius 1 is 1.06 bits per heavy atom. The van der Waals surface area contributed by atoms with E-state index in [0.29, 0.717) is 23.1 Å². The number of carbonyl (C=O) groups is 1. The summed E-state index contributed by atoms with van der Waals surface area (Å²) >= 11 is 7.58. The molecule has 33 heavy (non-hydrogen) atoms. The van der Waals surface area contributed by atoms with Gasteiger partial charge in [-0.2, -0.15) is 4.98 Å². The van der Waals surface area contributed by atoms with Gasteiger partial charge < -0.3 is 10.1 Å². The molecule has 0 saturated heterocycles. The second kappa shape index (κ2) is 9.25. The Balaban J connectivity index is 1.45. The van der Waals surface area contributed by atoms with Crippen LogP contribution in [0, 0.1) is 6.92 Å². The van der Waals surface area contributed by atoms with Crippen molar-refractivity contribution in [2.24, 2.45) is 0 Å². The first kappa shape index (κ1) is 21.5. The van der Waals surface area contributed by atoms with Crippen LogP contribution in [-0.4, -0.2) is 21.6 Å². The minimum absolute atomic E-state index is 0.0944. The summed E-state index contributed by atoms with van der Waals surface area (Å²) in [5.41, 5.74) is 4.54. The van der Waals surface area contributed by atoms with E-state index >= 15 is 0 Å². The van der Waals surface area contributed by atoms with Gasteiger partial charge in [0.05, 0.1) is 11.3 Å². The van der Waals surface area contributed by atoms with E-state index < -0.39 is 0 Å². The molecule has 0 spiro atoms. The summed E-state index contributed by atoms with van der Waals surface area (Å²) in [5.74, 6) is 1.93. The fourth-order valence-electron chi connectivity index (χ4n) is 3.63. The van der Waals surface area contributed by atoms with Gasteiger partial charge in [-0.05, 0) is 36.8 Å². The van der Waals surface area contributed by atoms with E-state index in [1.165, 1.54) is 11.8 Å². The quantitative estimate of drug-likeness (QED) is 0.232. The monoisotopic (exact) mass is 473 g/mol. The zero-order valence-electron chi connectivity index (χ0n) is 17.8. The molecule has 1 aliphatic rings. The topological polar surface area (TPSA) is 64.1 Å². The highest BCUT2D eigenvalue weighted by Gasteiger charge is 2.25. The van der Waals surface area contributed by atoms with Gasteiger partial charge in [0.2, 0.25) is 11.8 Å². The van der Waals surface area contributed by atoms with Gasteiger partial charge >= 0.3 is 0 Å². The number of thioether (sulfide) groups is 1. The molecule has 0 radical (unpaired) electrons. The standard InChI is InChI=1S/C26H20ClN3O2S/c1-16-7-5-6-10-21(16)28-23(31)15-33-26-20-14-18-13-19(27)11-12-22(18)32-25(20)29-24(30-26)17-8-3-2-4-9-17/h2-13H,14-15H2,1H3,(H,28,31). The molecule has 2 heterocycles. The lowest BCUT2D eigenvalue weighted by atomic mass is 10.0. The number of carbonyl (C=O) groups excluding carboxylic acids is 1. The van der Waals surface area contributed by atoms with E-state index in [9.17, 15) is 4.79 Å². The summed E-state index contributed by atoms with van der Waals surface area (Å²) in [4.78, 5) is 22.2. The summed E-state index contributed by atoms with van der Waals surface area (Å²) < 4.78 is 6.13. The molecular weight excluding hydrogens is 454 g/mol. The summed E-state index contributed by atoms with van der Waals surface area (Å²) in [6, 6.07) is 23.0. The molecule has 1 amide bonds. The van der Waals surface area contributed by atoms with Crippen molar-refractivity contribution in [3.63, 3.8) is 0 Å². The first-order valence-corrected chi connectivity index (χ1v) is 11.8. The van der Waals surface area contributed by atoms with Crippen molar-refractivity contribution in [2.75, 3.05) is 11.1 Å². The number of para-hydroxylation sites is 1. The lowest BCUT2D eigenvalue weighted by Gasteiger charge is -2.22. The highest BCUT2D eigenvalue weighted by atomic mass is 35.5. The summed E-state index contributed by atoms with van der Waals surface area (Å²) in [6.07, 6.45) is 0.585. The molecule has 0 atom stereocenters. The fourth-order valence-corrected chi connectivity index (χ4v) is 4.65. The molecule has 0 unspecified atom stereocenters. The summed E-state index contributed by atoms with van der Waals surface area (Å²) in [6.45, 7) is 1.97. The van der Waals surface area contributed by atoms with Gasteiger partial charge in [0.15, 0.2) is 5.82 Å². The number of ether oxygens (including phenoxy) is 1. The number of halogens is 1. The number of aryl methyl sites for hydroxylation is 1. The summed E-state index contributed by atoms with van der Waals surface area (Å²) in [5, 5.41) is 4.35. The van der Waals surface area contributed by atoms with Crippen LogP contribution in [0.4, 0.5) is 5.69 Å². The molecule has 3 aromatic carbocycles. The van der Waals surface area contributed by atoms with Crippen LogP contribution in [0.15, 0.2) is 77.8 Å². The van der Waals surface area contributed by atoms with Crippen molar-refractivity contribution in [2.45, 2.75) is 18.4 Å². The van der Waals surface area contributed by atoms with Gasteiger partial charge in [-0.15, -0.1) is 0 Å². The van der Waals surface area contributed by atoms with Crippen molar-refractivity contribution in [1.82, 2.24) is 9.97 Å². The molecule has 0 bridgehead atoms. The van der Waals surface area contributed by atoms with Crippen molar-refractivity contribution in [1.29, 1.82) is 0 Å². The first-order chi connectivity index (χ1) is 16.1. The Morgan fingerprint density at radius 3 is 2.67 bits per heavy atom. The van der Waals surface area contributed by atoms with E-state index in [0.717, 1.165) is 38.7 Å².